The Bertz CT molecular complexity index is 1120. The van der Waals surface area contributed by atoms with Crippen molar-refractivity contribution in [2.24, 2.45) is 0 Å². The number of benzene rings is 1. The fourth-order valence-corrected chi connectivity index (χ4v) is 6.68. The number of carbonyl (C=O) groups excluding carboxylic acids is 1. The third-order valence-electron chi connectivity index (χ3n) is 9.28. The van der Waals surface area contributed by atoms with Crippen molar-refractivity contribution < 1.29 is 14.3 Å². The molecule has 42 heavy (non-hydrogen) atoms. The predicted octanol–water partition coefficient (Wildman–Crippen LogP) is 9.96. The van der Waals surface area contributed by atoms with Crippen molar-refractivity contribution >= 4 is 5.97 Å². The van der Waals surface area contributed by atoms with E-state index in [0.29, 0.717) is 18.1 Å². The van der Waals surface area contributed by atoms with E-state index in [-0.39, 0.29) is 5.97 Å². The number of hydrogen-bond donors (Lipinski definition) is 0. The number of aromatic nitrogens is 1. The molecule has 5 heteroatoms. The summed E-state index contributed by atoms with van der Waals surface area (Å²) in [6, 6.07) is 6.30. The molecule has 0 radical (unpaired) electrons. The van der Waals surface area contributed by atoms with Gasteiger partial charge in [0.25, 0.3) is 0 Å². The van der Waals surface area contributed by atoms with Crippen LogP contribution in [0, 0.1) is 0 Å². The Balaban J connectivity index is 1.40. The number of ether oxygens (including phenoxy) is 2. The third kappa shape index (κ3) is 9.30. The number of carbonyl (C=O) groups is 1. The number of hydrogen-bond acceptors (Lipinski definition) is 5. The molecule has 0 bridgehead atoms. The first kappa shape index (κ1) is 32.5. The lowest BCUT2D eigenvalue weighted by Gasteiger charge is -2.35. The Kier molecular flexibility index (Phi) is 12.7. The fraction of sp³-hybridized carbons (Fsp3) is 0.676. The van der Waals surface area contributed by atoms with Gasteiger partial charge in [-0.05, 0) is 88.8 Å². The number of likely N-dealkylation sites (tertiary alicyclic amines) is 1. The summed E-state index contributed by atoms with van der Waals surface area (Å²) in [7, 11) is 0. The number of rotatable bonds is 17. The number of fused-ring (bicyclic) bond motifs is 3. The van der Waals surface area contributed by atoms with Crippen LogP contribution in [0.15, 0.2) is 30.6 Å². The van der Waals surface area contributed by atoms with Gasteiger partial charge in [0.15, 0.2) is 0 Å². The SMILES string of the molecule is CCCCCCCCCCCCC(C)c1cc(OC(=O)CCCN2CCCCC2)c2c(c1)OC(C)(C)c1ccncc1-2. The van der Waals surface area contributed by atoms with Crippen LogP contribution in [0.5, 0.6) is 11.5 Å². The zero-order valence-corrected chi connectivity index (χ0v) is 27.0. The highest BCUT2D eigenvalue weighted by Crippen LogP contribution is 2.50. The molecular weight excluding hydrogens is 520 g/mol. The Morgan fingerprint density at radius 3 is 2.38 bits per heavy atom. The van der Waals surface area contributed by atoms with Gasteiger partial charge in [-0.3, -0.25) is 9.78 Å². The first-order valence-corrected chi connectivity index (χ1v) is 17.1. The van der Waals surface area contributed by atoms with E-state index in [1.165, 1.54) is 89.0 Å². The lowest BCUT2D eigenvalue weighted by atomic mass is 9.85. The molecule has 2 aliphatic rings. The normalized spacial score (nSPS) is 16.8. The summed E-state index contributed by atoms with van der Waals surface area (Å²) in [6.07, 6.45) is 23.4. The maximum atomic E-state index is 13.1. The minimum atomic E-state index is -0.487. The zero-order chi connectivity index (χ0) is 29.8. The van der Waals surface area contributed by atoms with Crippen molar-refractivity contribution in [1.82, 2.24) is 9.88 Å². The van der Waals surface area contributed by atoms with Crippen LogP contribution < -0.4 is 9.47 Å². The molecule has 0 amide bonds. The molecule has 2 aliphatic heterocycles. The number of esters is 1. The summed E-state index contributed by atoms with van der Waals surface area (Å²) in [5.74, 6) is 1.61. The first-order chi connectivity index (χ1) is 20.4. The molecule has 4 rings (SSSR count). The van der Waals surface area contributed by atoms with Gasteiger partial charge in [0.2, 0.25) is 0 Å². The number of nitrogens with zero attached hydrogens (tertiary/aromatic N) is 2. The average molecular weight is 577 g/mol. The Morgan fingerprint density at radius 1 is 0.976 bits per heavy atom. The van der Waals surface area contributed by atoms with Gasteiger partial charge in [-0.2, -0.15) is 0 Å². The van der Waals surface area contributed by atoms with E-state index in [4.69, 9.17) is 9.47 Å². The van der Waals surface area contributed by atoms with Gasteiger partial charge in [-0.1, -0.05) is 84.5 Å². The smallest absolute Gasteiger partial charge is 0.311 e. The van der Waals surface area contributed by atoms with E-state index in [1.807, 2.05) is 18.5 Å². The Labute approximate surface area is 255 Å². The first-order valence-electron chi connectivity index (χ1n) is 17.1. The zero-order valence-electron chi connectivity index (χ0n) is 27.0. The van der Waals surface area contributed by atoms with Crippen LogP contribution in [0.3, 0.4) is 0 Å². The Hall–Kier alpha value is -2.40. The van der Waals surface area contributed by atoms with Crippen molar-refractivity contribution in [2.75, 3.05) is 19.6 Å². The maximum Gasteiger partial charge on any atom is 0.311 e. The molecule has 1 aromatic carbocycles. The maximum absolute atomic E-state index is 13.1. The number of piperidine rings is 1. The standard InChI is InChI=1S/C37H56N2O3/c1-5-6-7-8-9-10-11-12-13-15-19-29(2)30-26-33(41-35(40)20-18-25-39-23-16-14-17-24-39)36-31-28-38-22-21-32(31)37(3,4)42-34(36)27-30/h21-22,26-29H,5-20,23-25H2,1-4H3. The van der Waals surface area contributed by atoms with E-state index < -0.39 is 5.60 Å². The van der Waals surface area contributed by atoms with Crippen molar-refractivity contribution in [2.45, 2.75) is 142 Å². The minimum absolute atomic E-state index is 0.163. The number of unbranched alkanes of at least 4 members (excludes halogenated alkanes) is 9. The molecule has 0 saturated carbocycles. The highest BCUT2D eigenvalue weighted by molar-refractivity contribution is 5.85. The molecule has 0 N–H and O–H groups in total. The second kappa shape index (κ2) is 16.4. The van der Waals surface area contributed by atoms with Crippen LogP contribution in [-0.2, 0) is 10.4 Å². The van der Waals surface area contributed by atoms with Crippen LogP contribution in [0.25, 0.3) is 11.1 Å². The molecule has 1 saturated heterocycles. The van der Waals surface area contributed by atoms with E-state index in [9.17, 15) is 4.79 Å². The van der Waals surface area contributed by atoms with Gasteiger partial charge in [0.1, 0.15) is 17.1 Å². The van der Waals surface area contributed by atoms with E-state index in [0.717, 1.165) is 54.9 Å². The van der Waals surface area contributed by atoms with Crippen LogP contribution in [-0.4, -0.2) is 35.5 Å². The molecule has 1 aromatic heterocycles. The molecule has 1 atom stereocenters. The van der Waals surface area contributed by atoms with Gasteiger partial charge < -0.3 is 14.4 Å². The van der Waals surface area contributed by atoms with Gasteiger partial charge in [-0.25, -0.2) is 0 Å². The molecule has 0 spiro atoms. The molecule has 0 aliphatic carbocycles. The second-order valence-corrected chi connectivity index (χ2v) is 13.3. The second-order valence-electron chi connectivity index (χ2n) is 13.3. The monoisotopic (exact) mass is 576 g/mol. The topological polar surface area (TPSA) is 51.7 Å². The van der Waals surface area contributed by atoms with Crippen LogP contribution >= 0.6 is 0 Å². The number of pyridine rings is 1. The van der Waals surface area contributed by atoms with Crippen LogP contribution in [0.2, 0.25) is 0 Å². The summed E-state index contributed by atoms with van der Waals surface area (Å²) in [6.45, 7) is 12.0. The molecule has 232 valence electrons. The van der Waals surface area contributed by atoms with Gasteiger partial charge in [-0.15, -0.1) is 0 Å². The van der Waals surface area contributed by atoms with Crippen molar-refractivity contribution in [1.29, 1.82) is 0 Å². The minimum Gasteiger partial charge on any atom is -0.482 e. The molecular formula is C37H56N2O3. The lowest BCUT2D eigenvalue weighted by molar-refractivity contribution is -0.134. The lowest BCUT2D eigenvalue weighted by Crippen LogP contribution is -2.31. The van der Waals surface area contributed by atoms with Gasteiger partial charge >= 0.3 is 5.97 Å². The summed E-state index contributed by atoms with van der Waals surface area (Å²) in [5.41, 5.74) is 3.62. The largest absolute Gasteiger partial charge is 0.482 e. The van der Waals surface area contributed by atoms with Gasteiger partial charge in [0, 0.05) is 29.9 Å². The third-order valence-corrected chi connectivity index (χ3v) is 9.28. The highest BCUT2D eigenvalue weighted by atomic mass is 16.5. The summed E-state index contributed by atoms with van der Waals surface area (Å²) >= 11 is 0. The Morgan fingerprint density at radius 2 is 1.67 bits per heavy atom. The molecule has 1 fully saturated rings. The van der Waals surface area contributed by atoms with Crippen molar-refractivity contribution in [3.63, 3.8) is 0 Å². The van der Waals surface area contributed by atoms with Crippen LogP contribution in [0.1, 0.15) is 147 Å². The van der Waals surface area contributed by atoms with E-state index in [1.54, 1.807) is 0 Å². The molecule has 5 nitrogen and oxygen atoms in total. The fourth-order valence-electron chi connectivity index (χ4n) is 6.68. The summed E-state index contributed by atoms with van der Waals surface area (Å²) in [5, 5.41) is 0. The van der Waals surface area contributed by atoms with E-state index in [2.05, 4.69) is 49.7 Å². The summed E-state index contributed by atoms with van der Waals surface area (Å²) in [4.78, 5) is 20.0. The van der Waals surface area contributed by atoms with Crippen LogP contribution in [0.4, 0.5) is 0 Å². The van der Waals surface area contributed by atoms with Crippen molar-refractivity contribution in [3.05, 3.63) is 41.7 Å². The molecule has 2 aromatic rings. The molecule has 3 heterocycles. The van der Waals surface area contributed by atoms with E-state index >= 15 is 0 Å². The highest BCUT2D eigenvalue weighted by Gasteiger charge is 2.35. The van der Waals surface area contributed by atoms with Gasteiger partial charge in [0.05, 0.1) is 5.56 Å². The van der Waals surface area contributed by atoms with Crippen molar-refractivity contribution in [3.8, 4) is 22.6 Å². The summed E-state index contributed by atoms with van der Waals surface area (Å²) < 4.78 is 12.8. The predicted molar refractivity (Wildman–Crippen MR) is 173 cm³/mol. The average Bonchev–Trinajstić information content (AvgIpc) is 2.98. The molecule has 1 unspecified atom stereocenters. The quantitative estimate of drug-likeness (QED) is 0.107.